The molecule has 0 fully saturated rings. The number of aromatic nitrogens is 2. The lowest BCUT2D eigenvalue weighted by atomic mass is 10.1. The number of nitrogens with zero attached hydrogens (tertiary/aromatic N) is 3. The van der Waals surface area contributed by atoms with Gasteiger partial charge in [0.05, 0.1) is 11.9 Å². The molecular weight excluding hydrogens is 326 g/mol. The van der Waals surface area contributed by atoms with Gasteiger partial charge in [0.25, 0.3) is 9.04 Å². The molecule has 0 atom stereocenters. The summed E-state index contributed by atoms with van der Waals surface area (Å²) in [7, 11) is -0.882. The number of hydrogen-bond acceptors (Lipinski definition) is 4. The fourth-order valence-electron chi connectivity index (χ4n) is 2.43. The number of rotatable bonds is 5. The third-order valence-corrected chi connectivity index (χ3v) is 4.14. The van der Waals surface area contributed by atoms with Crippen molar-refractivity contribution in [1.82, 2.24) is 9.97 Å². The van der Waals surface area contributed by atoms with Crippen molar-refractivity contribution in [2.24, 2.45) is 4.99 Å². The monoisotopic (exact) mass is 346 g/mol. The molecule has 5 heteroatoms. The van der Waals surface area contributed by atoms with Crippen LogP contribution in [0.2, 0.25) is 13.1 Å². The standard InChI is InChI=1S/C20H20N3OSi/c1-15-9-10-19(24-25(2)3)17(13-15)23-20(16-7-5-4-6-8-16)18-14-21-11-12-22-18/h4-14H,1-3H3. The van der Waals surface area contributed by atoms with E-state index >= 15 is 0 Å². The molecule has 0 amide bonds. The van der Waals surface area contributed by atoms with Gasteiger partial charge in [0.15, 0.2) is 0 Å². The summed E-state index contributed by atoms with van der Waals surface area (Å²) in [5.41, 5.74) is 4.47. The Labute approximate surface area is 150 Å². The Morgan fingerprint density at radius 1 is 1.04 bits per heavy atom. The summed E-state index contributed by atoms with van der Waals surface area (Å²) in [4.78, 5) is 13.5. The average molecular weight is 346 g/mol. The fraction of sp³-hybridized carbons (Fsp3) is 0.150. The summed E-state index contributed by atoms with van der Waals surface area (Å²) in [6.07, 6.45) is 5.08. The van der Waals surface area contributed by atoms with E-state index in [1.807, 2.05) is 48.5 Å². The van der Waals surface area contributed by atoms with Crippen LogP contribution in [-0.4, -0.2) is 24.7 Å². The predicted molar refractivity (Wildman–Crippen MR) is 103 cm³/mol. The normalized spacial score (nSPS) is 11.6. The lowest BCUT2D eigenvalue weighted by Crippen LogP contribution is -2.11. The summed E-state index contributed by atoms with van der Waals surface area (Å²) >= 11 is 0. The molecule has 4 nitrogen and oxygen atoms in total. The lowest BCUT2D eigenvalue weighted by Gasteiger charge is -2.13. The number of aliphatic imine (C=N–C) groups is 1. The molecule has 0 aliphatic rings. The summed E-state index contributed by atoms with van der Waals surface area (Å²) in [5, 5.41) is 0. The van der Waals surface area contributed by atoms with Gasteiger partial charge in [-0.15, -0.1) is 0 Å². The Morgan fingerprint density at radius 2 is 1.84 bits per heavy atom. The molecule has 2 aromatic carbocycles. The molecule has 0 saturated heterocycles. The second kappa shape index (κ2) is 7.85. The summed E-state index contributed by atoms with van der Waals surface area (Å²) in [6, 6.07) is 16.1. The molecule has 1 radical (unpaired) electrons. The maximum atomic E-state index is 6.03. The molecule has 0 spiro atoms. The average Bonchev–Trinajstić information content (AvgIpc) is 2.63. The Morgan fingerprint density at radius 3 is 2.52 bits per heavy atom. The van der Waals surface area contributed by atoms with Gasteiger partial charge in [0.1, 0.15) is 17.1 Å². The van der Waals surface area contributed by atoms with Gasteiger partial charge >= 0.3 is 0 Å². The SMILES string of the molecule is Cc1ccc(O[Si](C)C)c(N=C(c2ccccc2)c2cnccn2)c1. The molecule has 0 aliphatic carbocycles. The van der Waals surface area contributed by atoms with Crippen LogP contribution in [0.4, 0.5) is 5.69 Å². The van der Waals surface area contributed by atoms with E-state index in [0.717, 1.165) is 34.0 Å². The van der Waals surface area contributed by atoms with Gasteiger partial charge in [-0.1, -0.05) is 36.4 Å². The first-order valence-electron chi connectivity index (χ1n) is 8.12. The Balaban J connectivity index is 2.15. The predicted octanol–water partition coefficient (Wildman–Crippen LogP) is 4.58. The number of benzene rings is 2. The second-order valence-electron chi connectivity index (χ2n) is 5.90. The summed E-state index contributed by atoms with van der Waals surface area (Å²) < 4.78 is 6.03. The van der Waals surface area contributed by atoms with Crippen molar-refractivity contribution < 1.29 is 4.43 Å². The molecular formula is C20H20N3OSi. The Kier molecular flexibility index (Phi) is 5.35. The van der Waals surface area contributed by atoms with E-state index in [1.165, 1.54) is 0 Å². The summed E-state index contributed by atoms with van der Waals surface area (Å²) in [5.74, 6) is 0.807. The van der Waals surface area contributed by atoms with Gasteiger partial charge in [0, 0.05) is 18.0 Å². The molecule has 1 heterocycles. The third kappa shape index (κ3) is 4.39. The van der Waals surface area contributed by atoms with E-state index < -0.39 is 9.04 Å². The molecule has 0 saturated carbocycles. The highest BCUT2D eigenvalue weighted by molar-refractivity contribution is 6.49. The third-order valence-electron chi connectivity index (χ3n) is 3.51. The zero-order valence-electron chi connectivity index (χ0n) is 14.6. The van der Waals surface area contributed by atoms with Crippen LogP contribution in [0.1, 0.15) is 16.8 Å². The van der Waals surface area contributed by atoms with E-state index in [9.17, 15) is 0 Å². The van der Waals surface area contributed by atoms with Crippen molar-refractivity contribution in [3.63, 3.8) is 0 Å². The van der Waals surface area contributed by atoms with Crippen molar-refractivity contribution in [1.29, 1.82) is 0 Å². The van der Waals surface area contributed by atoms with Crippen LogP contribution in [0.15, 0.2) is 72.1 Å². The van der Waals surface area contributed by atoms with Crippen molar-refractivity contribution in [2.45, 2.75) is 20.0 Å². The molecule has 125 valence electrons. The molecule has 0 aliphatic heterocycles. The maximum Gasteiger partial charge on any atom is 0.274 e. The van der Waals surface area contributed by atoms with E-state index in [0.29, 0.717) is 0 Å². The van der Waals surface area contributed by atoms with Crippen molar-refractivity contribution in [2.75, 3.05) is 0 Å². The van der Waals surface area contributed by atoms with Crippen LogP contribution in [0.5, 0.6) is 5.75 Å². The highest BCUT2D eigenvalue weighted by Gasteiger charge is 2.12. The quantitative estimate of drug-likeness (QED) is 0.502. The Bertz CT molecular complexity index is 823. The minimum Gasteiger partial charge on any atom is -0.541 e. The van der Waals surface area contributed by atoms with E-state index in [4.69, 9.17) is 9.42 Å². The molecule has 25 heavy (non-hydrogen) atoms. The molecule has 1 aromatic heterocycles. The second-order valence-corrected chi connectivity index (χ2v) is 7.92. The van der Waals surface area contributed by atoms with Crippen LogP contribution in [-0.2, 0) is 0 Å². The van der Waals surface area contributed by atoms with Crippen LogP contribution >= 0.6 is 0 Å². The van der Waals surface area contributed by atoms with Crippen LogP contribution < -0.4 is 4.43 Å². The van der Waals surface area contributed by atoms with E-state index in [2.05, 4.69) is 30.0 Å². The minimum atomic E-state index is -0.882. The topological polar surface area (TPSA) is 47.4 Å². The fourth-order valence-corrected chi connectivity index (χ4v) is 3.04. The molecule has 0 unspecified atom stereocenters. The first-order chi connectivity index (χ1) is 12.1. The smallest absolute Gasteiger partial charge is 0.274 e. The van der Waals surface area contributed by atoms with Crippen LogP contribution in [0.25, 0.3) is 0 Å². The van der Waals surface area contributed by atoms with Crippen molar-refractivity contribution >= 4 is 20.4 Å². The Hall–Kier alpha value is -2.79. The van der Waals surface area contributed by atoms with Gasteiger partial charge in [-0.2, -0.15) is 0 Å². The number of hydrogen-bond donors (Lipinski definition) is 0. The molecule has 0 N–H and O–H groups in total. The maximum absolute atomic E-state index is 6.03. The van der Waals surface area contributed by atoms with E-state index in [-0.39, 0.29) is 0 Å². The molecule has 3 aromatic rings. The minimum absolute atomic E-state index is 0.736. The lowest BCUT2D eigenvalue weighted by molar-refractivity contribution is 0.582. The van der Waals surface area contributed by atoms with Crippen LogP contribution in [0.3, 0.4) is 0 Å². The first-order valence-corrected chi connectivity index (χ1v) is 10.5. The summed E-state index contributed by atoms with van der Waals surface area (Å²) in [6.45, 7) is 6.27. The molecule has 3 rings (SSSR count). The highest BCUT2D eigenvalue weighted by atomic mass is 28.3. The largest absolute Gasteiger partial charge is 0.541 e. The highest BCUT2D eigenvalue weighted by Crippen LogP contribution is 2.30. The zero-order valence-corrected chi connectivity index (χ0v) is 15.6. The molecule has 0 bridgehead atoms. The first kappa shape index (κ1) is 17.0. The van der Waals surface area contributed by atoms with Gasteiger partial charge in [-0.05, 0) is 37.7 Å². The van der Waals surface area contributed by atoms with Gasteiger partial charge < -0.3 is 4.43 Å². The zero-order chi connectivity index (χ0) is 17.6. The van der Waals surface area contributed by atoms with Gasteiger partial charge in [-0.3, -0.25) is 9.97 Å². The van der Waals surface area contributed by atoms with Gasteiger partial charge in [0.2, 0.25) is 0 Å². The number of aryl methyl sites for hydroxylation is 1. The van der Waals surface area contributed by atoms with Crippen molar-refractivity contribution in [3.05, 3.63) is 83.9 Å². The van der Waals surface area contributed by atoms with Crippen LogP contribution in [0, 0.1) is 6.92 Å². The van der Waals surface area contributed by atoms with Gasteiger partial charge in [-0.25, -0.2) is 4.99 Å². The van der Waals surface area contributed by atoms with Crippen molar-refractivity contribution in [3.8, 4) is 5.75 Å². The van der Waals surface area contributed by atoms with E-state index in [1.54, 1.807) is 18.6 Å².